The second kappa shape index (κ2) is 6.38. The molecule has 0 unspecified atom stereocenters. The Kier molecular flexibility index (Phi) is 5.37. The van der Waals surface area contributed by atoms with Gasteiger partial charge in [0.05, 0.1) is 11.6 Å². The molecule has 0 aliphatic carbocycles. The molecular formula is C12H14BrF3N2O. The first-order chi connectivity index (χ1) is 8.74. The van der Waals surface area contributed by atoms with E-state index in [1.54, 1.807) is 0 Å². The number of hydrogen-bond donors (Lipinski definition) is 2. The largest absolute Gasteiger partial charge is 0.416 e. The molecule has 0 spiro atoms. The molecule has 0 saturated heterocycles. The molecule has 0 heterocycles. The van der Waals surface area contributed by atoms with Crippen LogP contribution in [0.4, 0.5) is 18.9 Å². The SMILES string of the molecule is CCC[C@@H](N)C(=O)Nc1cc(Br)cc(C(F)(F)F)c1. The van der Waals surface area contributed by atoms with Crippen molar-refractivity contribution in [2.45, 2.75) is 32.0 Å². The summed E-state index contributed by atoms with van der Waals surface area (Å²) in [6.07, 6.45) is -3.26. The lowest BCUT2D eigenvalue weighted by molar-refractivity contribution is -0.137. The number of rotatable bonds is 4. The summed E-state index contributed by atoms with van der Waals surface area (Å²) in [6, 6.07) is 2.49. The van der Waals surface area contributed by atoms with Crippen molar-refractivity contribution in [3.8, 4) is 0 Å². The molecule has 3 nitrogen and oxygen atoms in total. The molecule has 19 heavy (non-hydrogen) atoms. The number of benzene rings is 1. The summed E-state index contributed by atoms with van der Waals surface area (Å²) in [5.74, 6) is -0.493. The number of hydrogen-bond acceptors (Lipinski definition) is 2. The van der Waals surface area contributed by atoms with Gasteiger partial charge in [-0.05, 0) is 24.6 Å². The maximum Gasteiger partial charge on any atom is 0.416 e. The van der Waals surface area contributed by atoms with Crippen molar-refractivity contribution in [1.29, 1.82) is 0 Å². The predicted molar refractivity (Wildman–Crippen MR) is 70.7 cm³/mol. The third-order valence-corrected chi connectivity index (χ3v) is 2.89. The van der Waals surface area contributed by atoms with Gasteiger partial charge in [0, 0.05) is 10.2 Å². The second-order valence-electron chi connectivity index (χ2n) is 4.11. The molecule has 0 aliphatic rings. The number of carbonyl (C=O) groups excluding carboxylic acids is 1. The fourth-order valence-corrected chi connectivity index (χ4v) is 2.00. The van der Waals surface area contributed by atoms with Gasteiger partial charge in [-0.25, -0.2) is 0 Å². The Labute approximate surface area is 117 Å². The lowest BCUT2D eigenvalue weighted by Gasteiger charge is -2.13. The van der Waals surface area contributed by atoms with Crippen LogP contribution < -0.4 is 11.1 Å². The summed E-state index contributed by atoms with van der Waals surface area (Å²) < 4.78 is 38.1. The van der Waals surface area contributed by atoms with E-state index in [1.807, 2.05) is 6.92 Å². The molecule has 0 radical (unpaired) electrons. The van der Waals surface area contributed by atoms with Gasteiger partial charge in [0.1, 0.15) is 0 Å². The average Bonchev–Trinajstić information content (AvgIpc) is 2.27. The Balaban J connectivity index is 2.90. The first-order valence-electron chi connectivity index (χ1n) is 5.68. The van der Waals surface area contributed by atoms with Crippen LogP contribution in [0.5, 0.6) is 0 Å². The Morgan fingerprint density at radius 1 is 1.42 bits per heavy atom. The van der Waals surface area contributed by atoms with E-state index in [0.717, 1.165) is 18.6 Å². The molecule has 1 aromatic rings. The molecular weight excluding hydrogens is 325 g/mol. The quantitative estimate of drug-likeness (QED) is 0.882. The Morgan fingerprint density at radius 2 is 2.05 bits per heavy atom. The van der Waals surface area contributed by atoms with E-state index in [0.29, 0.717) is 6.42 Å². The second-order valence-corrected chi connectivity index (χ2v) is 5.03. The topological polar surface area (TPSA) is 55.1 Å². The number of alkyl halides is 3. The fourth-order valence-electron chi connectivity index (χ4n) is 1.50. The number of halogens is 4. The van der Waals surface area contributed by atoms with E-state index in [2.05, 4.69) is 21.2 Å². The zero-order valence-electron chi connectivity index (χ0n) is 10.2. The fraction of sp³-hybridized carbons (Fsp3) is 0.417. The standard InChI is InChI=1S/C12H14BrF3N2O/c1-2-3-10(17)11(19)18-9-5-7(12(14,15)16)4-8(13)6-9/h4-6,10H,2-3,17H2,1H3,(H,18,19)/t10-/m1/s1. The van der Waals surface area contributed by atoms with Crippen molar-refractivity contribution in [2.75, 3.05) is 5.32 Å². The number of carbonyl (C=O) groups is 1. The van der Waals surface area contributed by atoms with Crippen molar-refractivity contribution in [3.05, 3.63) is 28.2 Å². The summed E-state index contributed by atoms with van der Waals surface area (Å²) in [4.78, 5) is 11.6. The van der Waals surface area contributed by atoms with Crippen LogP contribution in [0.1, 0.15) is 25.3 Å². The van der Waals surface area contributed by atoms with Crippen LogP contribution in [-0.2, 0) is 11.0 Å². The van der Waals surface area contributed by atoms with Gasteiger partial charge in [-0.15, -0.1) is 0 Å². The summed E-state index contributed by atoms with van der Waals surface area (Å²) >= 11 is 2.98. The van der Waals surface area contributed by atoms with Gasteiger partial charge < -0.3 is 11.1 Å². The van der Waals surface area contributed by atoms with E-state index in [-0.39, 0.29) is 10.2 Å². The Hall–Kier alpha value is -1.08. The van der Waals surface area contributed by atoms with Gasteiger partial charge in [0.15, 0.2) is 0 Å². The summed E-state index contributed by atoms with van der Waals surface area (Å²) in [5.41, 5.74) is 4.83. The number of nitrogens with one attached hydrogen (secondary N) is 1. The summed E-state index contributed by atoms with van der Waals surface area (Å²) in [6.45, 7) is 1.87. The zero-order chi connectivity index (χ0) is 14.6. The van der Waals surface area contributed by atoms with Crippen molar-refractivity contribution >= 4 is 27.5 Å². The van der Waals surface area contributed by atoms with Crippen LogP contribution >= 0.6 is 15.9 Å². The minimum absolute atomic E-state index is 0.0678. The van der Waals surface area contributed by atoms with Crippen LogP contribution in [0.25, 0.3) is 0 Å². The number of anilines is 1. The third-order valence-electron chi connectivity index (χ3n) is 2.43. The molecule has 0 aliphatic heterocycles. The molecule has 1 atom stereocenters. The van der Waals surface area contributed by atoms with Gasteiger partial charge in [0.25, 0.3) is 0 Å². The monoisotopic (exact) mass is 338 g/mol. The molecule has 7 heteroatoms. The van der Waals surface area contributed by atoms with Crippen LogP contribution in [-0.4, -0.2) is 11.9 Å². The predicted octanol–water partition coefficient (Wildman–Crippen LogP) is 3.53. The minimum atomic E-state index is -4.46. The van der Waals surface area contributed by atoms with E-state index in [1.165, 1.54) is 6.07 Å². The van der Waals surface area contributed by atoms with Gasteiger partial charge in [-0.2, -0.15) is 13.2 Å². The summed E-state index contributed by atoms with van der Waals surface area (Å²) in [7, 11) is 0. The Morgan fingerprint density at radius 3 is 2.58 bits per heavy atom. The smallest absolute Gasteiger partial charge is 0.325 e. The van der Waals surface area contributed by atoms with Crippen LogP contribution in [0, 0.1) is 0 Å². The molecule has 1 rings (SSSR count). The summed E-state index contributed by atoms with van der Waals surface area (Å²) in [5, 5.41) is 2.39. The van der Waals surface area contributed by atoms with Crippen LogP contribution in [0.2, 0.25) is 0 Å². The van der Waals surface area contributed by atoms with Gasteiger partial charge in [-0.1, -0.05) is 29.3 Å². The molecule has 0 aromatic heterocycles. The van der Waals surface area contributed by atoms with Gasteiger partial charge in [0.2, 0.25) is 5.91 Å². The van der Waals surface area contributed by atoms with E-state index >= 15 is 0 Å². The first kappa shape index (κ1) is 16.0. The molecule has 3 N–H and O–H groups in total. The highest BCUT2D eigenvalue weighted by molar-refractivity contribution is 9.10. The first-order valence-corrected chi connectivity index (χ1v) is 6.47. The van der Waals surface area contributed by atoms with E-state index < -0.39 is 23.7 Å². The highest BCUT2D eigenvalue weighted by Gasteiger charge is 2.31. The molecule has 0 fully saturated rings. The average molecular weight is 339 g/mol. The highest BCUT2D eigenvalue weighted by Crippen LogP contribution is 2.33. The van der Waals surface area contributed by atoms with Gasteiger partial charge in [-0.3, -0.25) is 4.79 Å². The zero-order valence-corrected chi connectivity index (χ0v) is 11.8. The molecule has 106 valence electrons. The number of nitrogens with two attached hydrogens (primary N) is 1. The van der Waals surface area contributed by atoms with Crippen LogP contribution in [0.3, 0.4) is 0 Å². The van der Waals surface area contributed by atoms with Crippen LogP contribution in [0.15, 0.2) is 22.7 Å². The lowest BCUT2D eigenvalue weighted by atomic mass is 10.1. The Bertz CT molecular complexity index is 463. The van der Waals surface area contributed by atoms with Crippen molar-refractivity contribution in [2.24, 2.45) is 5.73 Å². The maximum atomic E-state index is 12.6. The van der Waals surface area contributed by atoms with E-state index in [4.69, 9.17) is 5.73 Å². The normalized spacial score (nSPS) is 13.2. The van der Waals surface area contributed by atoms with Crippen molar-refractivity contribution in [1.82, 2.24) is 0 Å². The number of amides is 1. The van der Waals surface area contributed by atoms with Gasteiger partial charge >= 0.3 is 6.18 Å². The molecule has 1 amide bonds. The highest BCUT2D eigenvalue weighted by atomic mass is 79.9. The molecule has 0 saturated carbocycles. The van der Waals surface area contributed by atoms with Crippen molar-refractivity contribution < 1.29 is 18.0 Å². The molecule has 1 aromatic carbocycles. The molecule has 0 bridgehead atoms. The van der Waals surface area contributed by atoms with Crippen molar-refractivity contribution in [3.63, 3.8) is 0 Å². The lowest BCUT2D eigenvalue weighted by Crippen LogP contribution is -2.35. The third kappa shape index (κ3) is 4.83. The maximum absolute atomic E-state index is 12.6. The minimum Gasteiger partial charge on any atom is -0.325 e. The van der Waals surface area contributed by atoms with E-state index in [9.17, 15) is 18.0 Å².